The minimum Gasteiger partial charge on any atom is -0.295 e. The Balaban J connectivity index is 0.000000146. The van der Waals surface area contributed by atoms with Crippen LogP contribution in [0.5, 0.6) is 0 Å². The molecule has 0 bridgehead atoms. The second kappa shape index (κ2) is 18.5. The molecule has 0 amide bonds. The molecule has 0 aliphatic heterocycles. The molecular formula is C42H26N4Pt2S2-4. The van der Waals surface area contributed by atoms with Crippen molar-refractivity contribution in [3.63, 3.8) is 0 Å². The van der Waals surface area contributed by atoms with Crippen molar-refractivity contribution in [1.29, 1.82) is 0 Å². The van der Waals surface area contributed by atoms with Crippen molar-refractivity contribution in [2.45, 2.75) is 0 Å². The third kappa shape index (κ3) is 9.21. The number of fused-ring (bicyclic) bond motifs is 3. The quantitative estimate of drug-likeness (QED) is 0.165. The van der Waals surface area contributed by atoms with Gasteiger partial charge in [0.15, 0.2) is 0 Å². The second-order valence-electron chi connectivity index (χ2n) is 10.4. The first kappa shape index (κ1) is 36.8. The summed E-state index contributed by atoms with van der Waals surface area (Å²) in [5.41, 5.74) is 7.50. The third-order valence-corrected chi connectivity index (χ3v) is 9.33. The fourth-order valence-electron chi connectivity index (χ4n) is 4.92. The van der Waals surface area contributed by atoms with Crippen LogP contribution >= 0.6 is 22.7 Å². The van der Waals surface area contributed by atoms with Gasteiger partial charge in [0, 0.05) is 66.4 Å². The maximum absolute atomic E-state index is 4.59. The Hall–Kier alpha value is -4.44. The largest absolute Gasteiger partial charge is 0.295 e. The van der Waals surface area contributed by atoms with E-state index in [2.05, 4.69) is 50.3 Å². The van der Waals surface area contributed by atoms with Crippen LogP contribution in [0.15, 0.2) is 157 Å². The van der Waals surface area contributed by atoms with Gasteiger partial charge in [-0.15, -0.1) is 40.6 Å². The molecule has 0 fully saturated rings. The van der Waals surface area contributed by atoms with Gasteiger partial charge in [-0.2, -0.15) is 48.0 Å². The van der Waals surface area contributed by atoms with Crippen LogP contribution in [0.2, 0.25) is 0 Å². The van der Waals surface area contributed by atoms with Crippen molar-refractivity contribution in [2.75, 3.05) is 0 Å². The molecule has 6 heterocycles. The summed E-state index contributed by atoms with van der Waals surface area (Å²) in [7, 11) is 0. The van der Waals surface area contributed by atoms with Gasteiger partial charge in [0.25, 0.3) is 0 Å². The van der Waals surface area contributed by atoms with Crippen molar-refractivity contribution in [3.05, 3.63) is 182 Å². The number of rotatable bonds is 4. The van der Waals surface area contributed by atoms with E-state index < -0.39 is 0 Å². The molecule has 4 nitrogen and oxygen atoms in total. The van der Waals surface area contributed by atoms with E-state index in [0.29, 0.717) is 0 Å². The Bertz CT molecular complexity index is 2120. The van der Waals surface area contributed by atoms with Crippen LogP contribution in [-0.4, -0.2) is 19.9 Å². The minimum absolute atomic E-state index is 0. The molecule has 9 aromatic rings. The summed E-state index contributed by atoms with van der Waals surface area (Å²) in [4.78, 5) is 17.5. The van der Waals surface area contributed by atoms with Gasteiger partial charge in [-0.1, -0.05) is 39.7 Å². The molecule has 8 heteroatoms. The predicted octanol–water partition coefficient (Wildman–Crippen LogP) is 10.9. The molecule has 0 N–H and O–H groups in total. The number of nitrogens with zero attached hydrogens (tertiary/aromatic N) is 4. The number of hydrogen-bond acceptors (Lipinski definition) is 6. The Morgan fingerprint density at radius 3 is 1.66 bits per heavy atom. The SMILES string of the molecule is [Pt].[Pt].[c-]1cccc2sc3sc[c-]c3c12.[c-]1ccccc1-c1[c-]c(-c2ccccn2)ccc1.c1ccc(-c2cccc(-c3ccccn3)n2)nc1. The monoisotopic (exact) mass is 1040 g/mol. The predicted molar refractivity (Wildman–Crippen MR) is 198 cm³/mol. The summed E-state index contributed by atoms with van der Waals surface area (Å²) in [6, 6.07) is 56.6. The summed E-state index contributed by atoms with van der Waals surface area (Å²) in [6.07, 6.45) is 5.33. The molecule has 0 saturated heterocycles. The number of pyridine rings is 4. The van der Waals surface area contributed by atoms with E-state index in [9.17, 15) is 0 Å². The molecule has 0 spiro atoms. The number of hydrogen-bond donors (Lipinski definition) is 0. The normalized spacial score (nSPS) is 10.1. The molecular weight excluding hydrogens is 1010 g/mol. The Morgan fingerprint density at radius 1 is 0.440 bits per heavy atom. The Morgan fingerprint density at radius 2 is 1.02 bits per heavy atom. The molecule has 0 aliphatic rings. The van der Waals surface area contributed by atoms with Crippen LogP contribution in [0.25, 0.3) is 64.6 Å². The average molecular weight is 1040 g/mol. The molecule has 250 valence electrons. The molecule has 0 aliphatic carbocycles. The number of thiophene rings is 2. The van der Waals surface area contributed by atoms with Gasteiger partial charge < -0.3 is 0 Å². The molecule has 0 saturated carbocycles. The molecule has 0 unspecified atom stereocenters. The van der Waals surface area contributed by atoms with Crippen molar-refractivity contribution in [3.8, 4) is 45.2 Å². The van der Waals surface area contributed by atoms with Crippen LogP contribution in [-0.2, 0) is 42.1 Å². The zero-order valence-electron chi connectivity index (χ0n) is 26.2. The van der Waals surface area contributed by atoms with Crippen LogP contribution in [0.1, 0.15) is 0 Å². The van der Waals surface area contributed by atoms with Crippen LogP contribution in [0.4, 0.5) is 0 Å². The first-order valence-electron chi connectivity index (χ1n) is 15.2. The van der Waals surface area contributed by atoms with Crippen LogP contribution in [0, 0.1) is 24.3 Å². The molecule has 6 aromatic heterocycles. The fraction of sp³-hybridized carbons (Fsp3) is 0. The van der Waals surface area contributed by atoms with Gasteiger partial charge in [-0.05, 0) is 42.5 Å². The average Bonchev–Trinajstić information content (AvgIpc) is 3.79. The van der Waals surface area contributed by atoms with E-state index in [1.165, 1.54) is 19.5 Å². The summed E-state index contributed by atoms with van der Waals surface area (Å²) in [5, 5.41) is 4.47. The maximum Gasteiger partial charge on any atom is 0.0894 e. The van der Waals surface area contributed by atoms with E-state index in [-0.39, 0.29) is 42.1 Å². The number of aromatic nitrogens is 4. The van der Waals surface area contributed by atoms with E-state index in [4.69, 9.17) is 0 Å². The van der Waals surface area contributed by atoms with E-state index in [0.717, 1.165) is 45.2 Å². The van der Waals surface area contributed by atoms with Gasteiger partial charge in [0.2, 0.25) is 0 Å². The van der Waals surface area contributed by atoms with Crippen molar-refractivity contribution >= 4 is 42.2 Å². The van der Waals surface area contributed by atoms with Gasteiger partial charge in [-0.25, -0.2) is 44.8 Å². The van der Waals surface area contributed by atoms with Crippen molar-refractivity contribution in [1.82, 2.24) is 19.9 Å². The molecule has 0 atom stereocenters. The van der Waals surface area contributed by atoms with Crippen LogP contribution < -0.4 is 0 Å². The van der Waals surface area contributed by atoms with Gasteiger partial charge in [0.05, 0.1) is 22.8 Å². The zero-order valence-corrected chi connectivity index (χ0v) is 32.4. The smallest absolute Gasteiger partial charge is 0.0894 e. The molecule has 9 rings (SSSR count). The minimum atomic E-state index is 0. The van der Waals surface area contributed by atoms with Crippen molar-refractivity contribution < 1.29 is 42.1 Å². The maximum atomic E-state index is 4.59. The first-order valence-corrected chi connectivity index (χ1v) is 16.9. The third-order valence-electron chi connectivity index (χ3n) is 7.18. The van der Waals surface area contributed by atoms with Gasteiger partial charge >= 0.3 is 0 Å². The fourth-order valence-corrected chi connectivity index (χ4v) is 6.96. The summed E-state index contributed by atoms with van der Waals surface area (Å²) in [6.45, 7) is 0. The molecule has 50 heavy (non-hydrogen) atoms. The number of benzene rings is 3. The van der Waals surface area contributed by atoms with Gasteiger partial charge in [0.1, 0.15) is 0 Å². The summed E-state index contributed by atoms with van der Waals surface area (Å²) in [5.74, 6) is 0. The summed E-state index contributed by atoms with van der Waals surface area (Å²) >= 11 is 3.58. The van der Waals surface area contributed by atoms with Crippen molar-refractivity contribution in [2.24, 2.45) is 0 Å². The first-order chi connectivity index (χ1) is 23.8. The van der Waals surface area contributed by atoms with E-state index >= 15 is 0 Å². The second-order valence-corrected chi connectivity index (χ2v) is 12.6. The van der Waals surface area contributed by atoms with E-state index in [1.54, 1.807) is 29.9 Å². The van der Waals surface area contributed by atoms with Gasteiger partial charge in [-0.3, -0.25) is 26.3 Å². The zero-order chi connectivity index (χ0) is 32.4. The van der Waals surface area contributed by atoms with Crippen LogP contribution in [0.3, 0.4) is 0 Å². The molecule has 0 radical (unpaired) electrons. The summed E-state index contributed by atoms with van der Waals surface area (Å²) < 4.78 is 2.67. The topological polar surface area (TPSA) is 51.6 Å². The Kier molecular flexibility index (Phi) is 13.6. The Labute approximate surface area is 328 Å². The standard InChI is InChI=1S/C17H11N.C15H11N3.C10H4S2.2Pt/c1-2-7-14(8-3-1)15-9-6-10-16(13-15)17-11-4-5-12-18-17;1-3-10-16-12(6-1)14-8-5-9-15(18-14)13-7-2-4-11-17-13;1-2-4-9-7(3-1)8-5-6-11-10(8)12-9;;/h1-7,9-12H;1-11H;1-2,4,6H;;/q-2;;-2;;. The van der Waals surface area contributed by atoms with E-state index in [1.807, 2.05) is 144 Å². The molecule has 3 aromatic carbocycles.